The van der Waals surface area contributed by atoms with E-state index in [1.807, 2.05) is 0 Å². The Morgan fingerprint density at radius 1 is 1.11 bits per heavy atom. The first kappa shape index (κ1) is 15.3. The Balaban J connectivity index is 1.87. The van der Waals surface area contributed by atoms with Crippen LogP contribution in [0.1, 0.15) is 59.3 Å². The number of hydrogen-bond acceptors (Lipinski definition) is 2. The molecule has 0 bridgehead atoms. The van der Waals surface area contributed by atoms with Crippen LogP contribution in [0.25, 0.3) is 0 Å². The standard InChI is InChI=1S/C17H34N2/c1-5-18-16-15(10-7-11-17(16,2)3)13-19(4)12-14-8-6-9-14/h14-16,18H,5-13H2,1-4H3. The molecule has 2 saturated carbocycles. The first-order valence-corrected chi connectivity index (χ1v) is 8.45. The third-order valence-corrected chi connectivity index (χ3v) is 5.47. The summed E-state index contributed by atoms with van der Waals surface area (Å²) in [7, 11) is 2.34. The highest BCUT2D eigenvalue weighted by Gasteiger charge is 2.38. The minimum absolute atomic E-state index is 0.468. The SMILES string of the molecule is CCNC1C(CN(C)CC2CCC2)CCCC1(C)C. The summed E-state index contributed by atoms with van der Waals surface area (Å²) in [4.78, 5) is 2.61. The van der Waals surface area contributed by atoms with Crippen LogP contribution in [-0.4, -0.2) is 37.6 Å². The van der Waals surface area contributed by atoms with E-state index in [-0.39, 0.29) is 0 Å². The normalized spacial score (nSPS) is 31.4. The van der Waals surface area contributed by atoms with E-state index in [1.54, 1.807) is 0 Å². The molecule has 1 N–H and O–H groups in total. The van der Waals surface area contributed by atoms with Crippen LogP contribution in [0.4, 0.5) is 0 Å². The highest BCUT2D eigenvalue weighted by atomic mass is 15.1. The Morgan fingerprint density at radius 2 is 1.84 bits per heavy atom. The molecule has 0 aromatic rings. The lowest BCUT2D eigenvalue weighted by molar-refractivity contribution is 0.0777. The molecule has 0 radical (unpaired) electrons. The summed E-state index contributed by atoms with van der Waals surface area (Å²) < 4.78 is 0. The minimum Gasteiger partial charge on any atom is -0.313 e. The van der Waals surface area contributed by atoms with Crippen LogP contribution in [0.3, 0.4) is 0 Å². The van der Waals surface area contributed by atoms with Gasteiger partial charge in [-0.15, -0.1) is 0 Å². The van der Waals surface area contributed by atoms with Crippen molar-refractivity contribution in [2.24, 2.45) is 17.3 Å². The number of hydrogen-bond donors (Lipinski definition) is 1. The fraction of sp³-hybridized carbons (Fsp3) is 1.00. The maximum Gasteiger partial charge on any atom is 0.0159 e. The van der Waals surface area contributed by atoms with E-state index in [2.05, 4.69) is 38.0 Å². The summed E-state index contributed by atoms with van der Waals surface area (Å²) >= 11 is 0. The topological polar surface area (TPSA) is 15.3 Å². The van der Waals surface area contributed by atoms with E-state index in [0.717, 1.165) is 18.4 Å². The van der Waals surface area contributed by atoms with E-state index < -0.39 is 0 Å². The van der Waals surface area contributed by atoms with Gasteiger partial charge in [0.2, 0.25) is 0 Å². The molecule has 112 valence electrons. The molecule has 2 nitrogen and oxygen atoms in total. The monoisotopic (exact) mass is 266 g/mol. The smallest absolute Gasteiger partial charge is 0.0159 e. The van der Waals surface area contributed by atoms with Gasteiger partial charge >= 0.3 is 0 Å². The van der Waals surface area contributed by atoms with Crippen molar-refractivity contribution in [2.75, 3.05) is 26.7 Å². The molecular formula is C17H34N2. The number of nitrogens with zero attached hydrogens (tertiary/aromatic N) is 1. The molecule has 0 aliphatic heterocycles. The lowest BCUT2D eigenvalue weighted by Crippen LogP contribution is -2.52. The summed E-state index contributed by atoms with van der Waals surface area (Å²) in [6.45, 7) is 10.9. The molecule has 0 heterocycles. The molecule has 19 heavy (non-hydrogen) atoms. The first-order valence-electron chi connectivity index (χ1n) is 8.45. The number of nitrogens with one attached hydrogen (secondary N) is 1. The summed E-state index contributed by atoms with van der Waals surface area (Å²) in [5.74, 6) is 1.84. The molecule has 2 rings (SSSR count). The Morgan fingerprint density at radius 3 is 2.42 bits per heavy atom. The van der Waals surface area contributed by atoms with E-state index in [9.17, 15) is 0 Å². The molecule has 2 heteroatoms. The summed E-state index contributed by atoms with van der Waals surface area (Å²) in [6.07, 6.45) is 8.61. The summed E-state index contributed by atoms with van der Waals surface area (Å²) in [5.41, 5.74) is 0.468. The van der Waals surface area contributed by atoms with Crippen molar-refractivity contribution >= 4 is 0 Å². The molecule has 0 aromatic heterocycles. The van der Waals surface area contributed by atoms with Gasteiger partial charge in [0, 0.05) is 19.1 Å². The highest BCUT2D eigenvalue weighted by molar-refractivity contribution is 4.94. The molecular weight excluding hydrogens is 232 g/mol. The minimum atomic E-state index is 0.468. The van der Waals surface area contributed by atoms with Crippen LogP contribution in [0, 0.1) is 17.3 Å². The second kappa shape index (κ2) is 6.58. The van der Waals surface area contributed by atoms with Gasteiger partial charge in [-0.1, -0.05) is 33.6 Å². The molecule has 0 spiro atoms. The second-order valence-corrected chi connectivity index (χ2v) is 7.69. The average Bonchev–Trinajstić information content (AvgIpc) is 2.28. The van der Waals surface area contributed by atoms with Crippen molar-refractivity contribution < 1.29 is 0 Å². The highest BCUT2D eigenvalue weighted by Crippen LogP contribution is 2.39. The van der Waals surface area contributed by atoms with E-state index in [1.165, 1.54) is 51.6 Å². The molecule has 0 aromatic carbocycles. The Hall–Kier alpha value is -0.0800. The Kier molecular flexibility index (Phi) is 5.30. The van der Waals surface area contributed by atoms with Crippen molar-refractivity contribution in [2.45, 2.75) is 65.3 Å². The lowest BCUT2D eigenvalue weighted by atomic mass is 9.67. The molecule has 2 unspecified atom stereocenters. The lowest BCUT2D eigenvalue weighted by Gasteiger charge is -2.46. The molecule has 0 amide bonds. The zero-order chi connectivity index (χ0) is 13.9. The van der Waals surface area contributed by atoms with Crippen molar-refractivity contribution in [3.8, 4) is 0 Å². The fourth-order valence-corrected chi connectivity index (χ4v) is 4.23. The third kappa shape index (κ3) is 3.95. The fourth-order valence-electron chi connectivity index (χ4n) is 4.23. The number of rotatable bonds is 6. The zero-order valence-corrected chi connectivity index (χ0v) is 13.5. The van der Waals surface area contributed by atoms with Gasteiger partial charge in [-0.25, -0.2) is 0 Å². The molecule has 0 saturated heterocycles. The Bertz CT molecular complexity index is 270. The van der Waals surface area contributed by atoms with Gasteiger partial charge < -0.3 is 10.2 Å². The van der Waals surface area contributed by atoms with Crippen molar-refractivity contribution in [3.05, 3.63) is 0 Å². The summed E-state index contributed by atoms with van der Waals surface area (Å²) in [5, 5.41) is 3.78. The third-order valence-electron chi connectivity index (χ3n) is 5.47. The molecule has 2 fully saturated rings. The van der Waals surface area contributed by atoms with Gasteiger partial charge in [-0.2, -0.15) is 0 Å². The maximum absolute atomic E-state index is 3.78. The van der Waals surface area contributed by atoms with E-state index in [0.29, 0.717) is 11.5 Å². The van der Waals surface area contributed by atoms with Gasteiger partial charge in [-0.3, -0.25) is 0 Å². The van der Waals surface area contributed by atoms with Crippen molar-refractivity contribution in [1.82, 2.24) is 10.2 Å². The predicted octanol–water partition coefficient (Wildman–Crippen LogP) is 3.52. The molecule has 2 aliphatic rings. The van der Waals surface area contributed by atoms with E-state index >= 15 is 0 Å². The van der Waals surface area contributed by atoms with Gasteiger partial charge in [-0.05, 0) is 56.5 Å². The van der Waals surface area contributed by atoms with Gasteiger partial charge in [0.25, 0.3) is 0 Å². The zero-order valence-electron chi connectivity index (χ0n) is 13.5. The predicted molar refractivity (Wildman–Crippen MR) is 83.4 cm³/mol. The van der Waals surface area contributed by atoms with Crippen LogP contribution in [0.2, 0.25) is 0 Å². The van der Waals surface area contributed by atoms with Crippen LogP contribution in [0.5, 0.6) is 0 Å². The van der Waals surface area contributed by atoms with Crippen LogP contribution in [-0.2, 0) is 0 Å². The average molecular weight is 266 g/mol. The van der Waals surface area contributed by atoms with Crippen LogP contribution in [0.15, 0.2) is 0 Å². The van der Waals surface area contributed by atoms with Gasteiger partial charge in [0.15, 0.2) is 0 Å². The Labute approximate surface area is 120 Å². The van der Waals surface area contributed by atoms with Crippen molar-refractivity contribution in [1.29, 1.82) is 0 Å². The quantitative estimate of drug-likeness (QED) is 0.791. The van der Waals surface area contributed by atoms with Crippen LogP contribution < -0.4 is 5.32 Å². The van der Waals surface area contributed by atoms with E-state index in [4.69, 9.17) is 0 Å². The van der Waals surface area contributed by atoms with Gasteiger partial charge in [0.1, 0.15) is 0 Å². The summed E-state index contributed by atoms with van der Waals surface area (Å²) in [6, 6.07) is 0.704. The maximum atomic E-state index is 3.78. The molecule has 2 aliphatic carbocycles. The molecule has 2 atom stereocenters. The van der Waals surface area contributed by atoms with Crippen LogP contribution >= 0.6 is 0 Å². The first-order chi connectivity index (χ1) is 9.03. The second-order valence-electron chi connectivity index (χ2n) is 7.69. The van der Waals surface area contributed by atoms with Crippen molar-refractivity contribution in [3.63, 3.8) is 0 Å². The van der Waals surface area contributed by atoms with Gasteiger partial charge in [0.05, 0.1) is 0 Å². The largest absolute Gasteiger partial charge is 0.313 e.